The highest BCUT2D eigenvalue weighted by atomic mass is 16.5. The summed E-state index contributed by atoms with van der Waals surface area (Å²) in [5.41, 5.74) is 4.49. The van der Waals surface area contributed by atoms with Crippen LogP contribution in [0.25, 0.3) is 16.9 Å². The number of anilines is 2. The molecule has 0 radical (unpaired) electrons. The van der Waals surface area contributed by atoms with Crippen molar-refractivity contribution in [2.45, 2.75) is 44.6 Å². The molecule has 1 fully saturated rings. The van der Waals surface area contributed by atoms with E-state index in [0.717, 1.165) is 39.7 Å². The van der Waals surface area contributed by atoms with E-state index in [1.54, 1.807) is 7.11 Å². The zero-order chi connectivity index (χ0) is 23.3. The van der Waals surface area contributed by atoms with Crippen molar-refractivity contribution >= 4 is 23.1 Å². The normalized spacial score (nSPS) is 14.1. The van der Waals surface area contributed by atoms with E-state index in [1.165, 1.54) is 32.1 Å². The summed E-state index contributed by atoms with van der Waals surface area (Å²) in [6.07, 6.45) is 8.56. The van der Waals surface area contributed by atoms with Gasteiger partial charge in [0.2, 0.25) is 5.91 Å². The molecule has 0 atom stereocenters. The standard InChI is InChI=1S/C28H30N4O2/c1-34-24-15-13-20(14-16-24)18-26(33)29-23-11-7-8-21(19-23)27-28(30-22-9-3-2-4-10-22)32-17-6-5-12-25(32)31-27/h5-8,11-17,19,22,30H,2-4,9-10,18H2,1H3,(H,29,33). The van der Waals surface area contributed by atoms with E-state index in [4.69, 9.17) is 9.72 Å². The van der Waals surface area contributed by atoms with Gasteiger partial charge in [0, 0.05) is 23.5 Å². The number of nitrogens with one attached hydrogen (secondary N) is 2. The number of fused-ring (bicyclic) bond motifs is 1. The van der Waals surface area contributed by atoms with Crippen molar-refractivity contribution in [1.29, 1.82) is 0 Å². The van der Waals surface area contributed by atoms with Gasteiger partial charge in [0.25, 0.3) is 0 Å². The number of amides is 1. The maximum absolute atomic E-state index is 12.7. The number of pyridine rings is 1. The number of ether oxygens (including phenoxy) is 1. The van der Waals surface area contributed by atoms with E-state index in [0.29, 0.717) is 12.5 Å². The number of benzene rings is 2. The van der Waals surface area contributed by atoms with Crippen LogP contribution in [0.3, 0.4) is 0 Å². The van der Waals surface area contributed by atoms with Gasteiger partial charge in [-0.3, -0.25) is 9.20 Å². The van der Waals surface area contributed by atoms with E-state index < -0.39 is 0 Å². The lowest BCUT2D eigenvalue weighted by molar-refractivity contribution is -0.115. The summed E-state index contributed by atoms with van der Waals surface area (Å²) in [5.74, 6) is 1.74. The van der Waals surface area contributed by atoms with Gasteiger partial charge < -0.3 is 15.4 Å². The molecule has 0 saturated heterocycles. The lowest BCUT2D eigenvalue weighted by Gasteiger charge is -2.24. The Morgan fingerprint density at radius 3 is 2.65 bits per heavy atom. The third kappa shape index (κ3) is 4.91. The summed E-state index contributed by atoms with van der Waals surface area (Å²) in [5, 5.41) is 6.81. The van der Waals surface area contributed by atoms with Crippen LogP contribution in [0.2, 0.25) is 0 Å². The Labute approximate surface area is 200 Å². The van der Waals surface area contributed by atoms with Crippen molar-refractivity contribution < 1.29 is 9.53 Å². The topological polar surface area (TPSA) is 67.7 Å². The molecule has 0 aliphatic heterocycles. The Morgan fingerprint density at radius 2 is 1.85 bits per heavy atom. The summed E-state index contributed by atoms with van der Waals surface area (Å²) in [6, 6.07) is 22.0. The molecule has 6 heteroatoms. The maximum atomic E-state index is 12.7. The van der Waals surface area contributed by atoms with E-state index in [-0.39, 0.29) is 5.91 Å². The largest absolute Gasteiger partial charge is 0.497 e. The fraction of sp³-hybridized carbons (Fsp3) is 0.286. The first-order valence-corrected chi connectivity index (χ1v) is 12.0. The Morgan fingerprint density at radius 1 is 1.03 bits per heavy atom. The number of methoxy groups -OCH3 is 1. The Bertz CT molecular complexity index is 1270. The summed E-state index contributed by atoms with van der Waals surface area (Å²) in [4.78, 5) is 17.6. The third-order valence-corrected chi connectivity index (χ3v) is 6.42. The van der Waals surface area contributed by atoms with E-state index in [1.807, 2.05) is 66.7 Å². The highest BCUT2D eigenvalue weighted by Crippen LogP contribution is 2.32. The molecule has 1 aliphatic carbocycles. The summed E-state index contributed by atoms with van der Waals surface area (Å²) >= 11 is 0. The second kappa shape index (κ2) is 10.00. The van der Waals surface area contributed by atoms with Gasteiger partial charge in [0.15, 0.2) is 0 Å². The number of imidazole rings is 1. The van der Waals surface area contributed by atoms with Crippen molar-refractivity contribution in [3.63, 3.8) is 0 Å². The molecule has 2 aromatic carbocycles. The second-order valence-electron chi connectivity index (χ2n) is 8.87. The highest BCUT2D eigenvalue weighted by Gasteiger charge is 2.20. The minimum Gasteiger partial charge on any atom is -0.497 e. The molecule has 2 aromatic heterocycles. The van der Waals surface area contributed by atoms with Crippen LogP contribution >= 0.6 is 0 Å². The van der Waals surface area contributed by atoms with E-state index in [2.05, 4.69) is 21.2 Å². The van der Waals surface area contributed by atoms with Gasteiger partial charge in [-0.05, 0) is 54.8 Å². The van der Waals surface area contributed by atoms with Crippen molar-refractivity contribution in [3.8, 4) is 17.0 Å². The fourth-order valence-electron chi connectivity index (χ4n) is 4.65. The van der Waals surface area contributed by atoms with Crippen molar-refractivity contribution in [2.75, 3.05) is 17.7 Å². The average molecular weight is 455 g/mol. The first kappa shape index (κ1) is 22.0. The first-order chi connectivity index (χ1) is 16.7. The highest BCUT2D eigenvalue weighted by molar-refractivity contribution is 5.93. The summed E-state index contributed by atoms with van der Waals surface area (Å²) < 4.78 is 7.31. The second-order valence-corrected chi connectivity index (χ2v) is 8.87. The van der Waals surface area contributed by atoms with E-state index in [9.17, 15) is 4.79 Å². The van der Waals surface area contributed by atoms with E-state index >= 15 is 0 Å². The van der Waals surface area contributed by atoms with Crippen LogP contribution in [-0.2, 0) is 11.2 Å². The van der Waals surface area contributed by atoms with Gasteiger partial charge in [0.05, 0.1) is 13.5 Å². The minimum absolute atomic E-state index is 0.0575. The molecule has 34 heavy (non-hydrogen) atoms. The molecule has 1 aliphatic rings. The van der Waals surface area contributed by atoms with Crippen LogP contribution in [0.4, 0.5) is 11.5 Å². The smallest absolute Gasteiger partial charge is 0.228 e. The molecule has 0 unspecified atom stereocenters. The van der Waals surface area contributed by atoms with Crippen LogP contribution in [0.1, 0.15) is 37.7 Å². The van der Waals surface area contributed by atoms with Crippen LogP contribution < -0.4 is 15.4 Å². The average Bonchev–Trinajstić information content (AvgIpc) is 3.23. The number of rotatable bonds is 7. The van der Waals surface area contributed by atoms with Crippen LogP contribution in [0.5, 0.6) is 5.75 Å². The van der Waals surface area contributed by atoms with Gasteiger partial charge in [-0.25, -0.2) is 4.98 Å². The van der Waals surface area contributed by atoms with Crippen molar-refractivity contribution in [3.05, 3.63) is 78.5 Å². The molecule has 5 rings (SSSR count). The third-order valence-electron chi connectivity index (χ3n) is 6.42. The SMILES string of the molecule is COc1ccc(CC(=O)Nc2cccc(-c3nc4ccccn4c3NC3CCCCC3)c2)cc1. The van der Waals surface area contributed by atoms with Gasteiger partial charge in [-0.2, -0.15) is 0 Å². The molecular formula is C28H30N4O2. The quantitative estimate of drug-likeness (QED) is 0.363. The number of hydrogen-bond acceptors (Lipinski definition) is 4. The zero-order valence-corrected chi connectivity index (χ0v) is 19.5. The lowest BCUT2D eigenvalue weighted by Crippen LogP contribution is -2.23. The monoisotopic (exact) mass is 454 g/mol. The first-order valence-electron chi connectivity index (χ1n) is 12.0. The Hall–Kier alpha value is -3.80. The molecule has 2 N–H and O–H groups in total. The summed E-state index contributed by atoms with van der Waals surface area (Å²) in [7, 11) is 1.63. The van der Waals surface area contributed by atoms with Crippen molar-refractivity contribution in [1.82, 2.24) is 9.38 Å². The Kier molecular flexibility index (Phi) is 6.47. The number of nitrogens with zero attached hydrogens (tertiary/aromatic N) is 2. The minimum atomic E-state index is -0.0575. The molecule has 2 heterocycles. The van der Waals surface area contributed by atoms with Gasteiger partial charge >= 0.3 is 0 Å². The predicted octanol–water partition coefficient (Wildman–Crippen LogP) is 5.94. The molecule has 0 bridgehead atoms. The maximum Gasteiger partial charge on any atom is 0.228 e. The van der Waals surface area contributed by atoms with Crippen molar-refractivity contribution in [2.24, 2.45) is 0 Å². The fourth-order valence-corrected chi connectivity index (χ4v) is 4.65. The molecule has 174 valence electrons. The number of hydrogen-bond donors (Lipinski definition) is 2. The van der Waals surface area contributed by atoms with Gasteiger partial charge in [-0.1, -0.05) is 49.6 Å². The zero-order valence-electron chi connectivity index (χ0n) is 19.5. The molecule has 4 aromatic rings. The summed E-state index contributed by atoms with van der Waals surface area (Å²) in [6.45, 7) is 0. The van der Waals surface area contributed by atoms with Gasteiger partial charge in [-0.15, -0.1) is 0 Å². The number of aromatic nitrogens is 2. The Balaban J connectivity index is 1.38. The number of carbonyl (C=O) groups is 1. The molecular weight excluding hydrogens is 424 g/mol. The van der Waals surface area contributed by atoms with Crippen LogP contribution in [0, 0.1) is 0 Å². The molecule has 6 nitrogen and oxygen atoms in total. The molecule has 0 spiro atoms. The number of carbonyl (C=O) groups excluding carboxylic acids is 1. The predicted molar refractivity (Wildman–Crippen MR) is 136 cm³/mol. The van der Waals surface area contributed by atoms with Crippen LogP contribution in [0.15, 0.2) is 72.9 Å². The van der Waals surface area contributed by atoms with Crippen LogP contribution in [-0.4, -0.2) is 28.4 Å². The molecule has 1 saturated carbocycles. The molecule has 1 amide bonds. The van der Waals surface area contributed by atoms with Gasteiger partial charge in [0.1, 0.15) is 22.9 Å². The lowest BCUT2D eigenvalue weighted by atomic mass is 9.95.